The molecule has 15 heavy (non-hydrogen) atoms. The molecule has 1 aromatic rings. The van der Waals surface area contributed by atoms with Crippen molar-refractivity contribution >= 4 is 5.69 Å². The maximum atomic E-state index is 13.4. The van der Waals surface area contributed by atoms with E-state index in [0.29, 0.717) is 0 Å². The topological polar surface area (TPSA) is 35.8 Å². The summed E-state index contributed by atoms with van der Waals surface area (Å²) in [5, 5.41) is 11.4. The molecule has 2 nitrogen and oxygen atoms in total. The SMILES string of the molecule is CC1(Nc2ccc(C#N)c(F)c2F)CC1. The second-order valence-electron chi connectivity index (χ2n) is 4.09. The number of halogens is 2. The molecule has 0 bridgehead atoms. The molecule has 0 amide bonds. The zero-order valence-electron chi connectivity index (χ0n) is 8.27. The predicted octanol–water partition coefficient (Wildman–Crippen LogP) is 2.80. The van der Waals surface area contributed by atoms with Crippen molar-refractivity contribution in [1.29, 1.82) is 5.26 Å². The van der Waals surface area contributed by atoms with Gasteiger partial charge in [0.2, 0.25) is 0 Å². The summed E-state index contributed by atoms with van der Waals surface area (Å²) in [6.45, 7) is 1.95. The average Bonchev–Trinajstić information content (AvgIpc) is 2.92. The molecule has 0 aromatic heterocycles. The quantitative estimate of drug-likeness (QED) is 0.811. The van der Waals surface area contributed by atoms with Gasteiger partial charge in [0.15, 0.2) is 11.6 Å². The molecule has 2 rings (SSSR count). The molecule has 1 N–H and O–H groups in total. The Kier molecular flexibility index (Phi) is 2.11. The molecule has 1 aliphatic rings. The van der Waals surface area contributed by atoms with Crippen LogP contribution in [-0.4, -0.2) is 5.54 Å². The van der Waals surface area contributed by atoms with Crippen LogP contribution in [0.2, 0.25) is 0 Å². The molecular weight excluding hydrogens is 198 g/mol. The molecule has 0 heterocycles. The Morgan fingerprint density at radius 2 is 2.00 bits per heavy atom. The Morgan fingerprint density at radius 3 is 2.53 bits per heavy atom. The van der Waals surface area contributed by atoms with E-state index in [1.165, 1.54) is 12.1 Å². The van der Waals surface area contributed by atoms with E-state index in [-0.39, 0.29) is 16.8 Å². The second-order valence-corrected chi connectivity index (χ2v) is 4.09. The molecule has 4 heteroatoms. The monoisotopic (exact) mass is 208 g/mol. The number of hydrogen-bond acceptors (Lipinski definition) is 2. The van der Waals surface area contributed by atoms with Crippen LogP contribution in [-0.2, 0) is 0 Å². The molecule has 0 atom stereocenters. The van der Waals surface area contributed by atoms with E-state index in [9.17, 15) is 8.78 Å². The highest BCUT2D eigenvalue weighted by Crippen LogP contribution is 2.39. The van der Waals surface area contributed by atoms with E-state index < -0.39 is 11.6 Å². The van der Waals surface area contributed by atoms with Gasteiger partial charge in [0.25, 0.3) is 0 Å². The largest absolute Gasteiger partial charge is 0.377 e. The summed E-state index contributed by atoms with van der Waals surface area (Å²) in [4.78, 5) is 0. The van der Waals surface area contributed by atoms with E-state index in [0.717, 1.165) is 12.8 Å². The van der Waals surface area contributed by atoms with Gasteiger partial charge < -0.3 is 5.32 Å². The van der Waals surface area contributed by atoms with Crippen LogP contribution in [0.15, 0.2) is 12.1 Å². The van der Waals surface area contributed by atoms with E-state index in [2.05, 4.69) is 5.32 Å². The summed E-state index contributed by atoms with van der Waals surface area (Å²) in [5.41, 5.74) is -0.243. The Hall–Kier alpha value is -1.63. The minimum Gasteiger partial charge on any atom is -0.377 e. The lowest BCUT2D eigenvalue weighted by molar-refractivity contribution is 0.507. The van der Waals surface area contributed by atoms with Crippen LogP contribution in [0.4, 0.5) is 14.5 Å². The molecule has 0 spiro atoms. The van der Waals surface area contributed by atoms with Crippen molar-refractivity contribution in [2.24, 2.45) is 0 Å². The third-order valence-corrected chi connectivity index (χ3v) is 2.64. The van der Waals surface area contributed by atoms with Crippen LogP contribution in [0.1, 0.15) is 25.3 Å². The minimum absolute atomic E-state index is 0.110. The number of benzene rings is 1. The maximum Gasteiger partial charge on any atom is 0.183 e. The second kappa shape index (κ2) is 3.20. The smallest absolute Gasteiger partial charge is 0.183 e. The van der Waals surface area contributed by atoms with Gasteiger partial charge in [0.1, 0.15) is 6.07 Å². The van der Waals surface area contributed by atoms with Crippen molar-refractivity contribution in [1.82, 2.24) is 0 Å². The van der Waals surface area contributed by atoms with Crippen LogP contribution < -0.4 is 5.32 Å². The first kappa shape index (κ1) is 9.91. The molecule has 1 fully saturated rings. The normalized spacial score (nSPS) is 16.9. The zero-order chi connectivity index (χ0) is 11.1. The summed E-state index contributed by atoms with van der Waals surface area (Å²) in [6, 6.07) is 4.29. The number of hydrogen-bond donors (Lipinski definition) is 1. The van der Waals surface area contributed by atoms with Gasteiger partial charge in [-0.3, -0.25) is 0 Å². The van der Waals surface area contributed by atoms with E-state index >= 15 is 0 Å². The Bertz CT molecular complexity index is 445. The van der Waals surface area contributed by atoms with Crippen LogP contribution in [0.25, 0.3) is 0 Å². The number of nitriles is 1. The van der Waals surface area contributed by atoms with Crippen molar-refractivity contribution in [3.05, 3.63) is 29.3 Å². The standard InChI is InChI=1S/C11H10F2N2/c1-11(4-5-11)15-8-3-2-7(6-14)9(12)10(8)13/h2-3,15H,4-5H2,1H3. The van der Waals surface area contributed by atoms with Gasteiger partial charge in [-0.05, 0) is 31.9 Å². The lowest BCUT2D eigenvalue weighted by Crippen LogP contribution is -2.17. The van der Waals surface area contributed by atoms with Crippen molar-refractivity contribution in [3.63, 3.8) is 0 Å². The van der Waals surface area contributed by atoms with Gasteiger partial charge in [0, 0.05) is 5.54 Å². The highest BCUT2D eigenvalue weighted by molar-refractivity contribution is 5.52. The fraction of sp³-hybridized carbons (Fsp3) is 0.364. The molecule has 1 aliphatic carbocycles. The lowest BCUT2D eigenvalue weighted by Gasteiger charge is -2.14. The first-order valence-electron chi connectivity index (χ1n) is 4.72. The van der Waals surface area contributed by atoms with Gasteiger partial charge in [-0.15, -0.1) is 0 Å². The molecule has 1 saturated carbocycles. The van der Waals surface area contributed by atoms with Crippen molar-refractivity contribution in [2.75, 3.05) is 5.32 Å². The van der Waals surface area contributed by atoms with Gasteiger partial charge >= 0.3 is 0 Å². The van der Waals surface area contributed by atoms with Gasteiger partial charge in [0.05, 0.1) is 11.3 Å². The average molecular weight is 208 g/mol. The summed E-state index contributed by atoms with van der Waals surface area (Å²) < 4.78 is 26.6. The number of nitrogens with one attached hydrogen (secondary N) is 1. The van der Waals surface area contributed by atoms with Crippen LogP contribution in [0.3, 0.4) is 0 Å². The molecule has 78 valence electrons. The van der Waals surface area contributed by atoms with Gasteiger partial charge in [-0.1, -0.05) is 0 Å². The summed E-state index contributed by atoms with van der Waals surface area (Å²) in [5.74, 6) is -2.05. The summed E-state index contributed by atoms with van der Waals surface area (Å²) >= 11 is 0. The van der Waals surface area contributed by atoms with E-state index in [1.807, 2.05) is 6.92 Å². The summed E-state index contributed by atoms with van der Waals surface area (Å²) in [7, 11) is 0. The highest BCUT2D eigenvalue weighted by atomic mass is 19.2. The molecule has 1 aromatic carbocycles. The van der Waals surface area contributed by atoms with Crippen molar-refractivity contribution < 1.29 is 8.78 Å². The molecule has 0 radical (unpaired) electrons. The maximum absolute atomic E-state index is 13.4. The predicted molar refractivity (Wildman–Crippen MR) is 52.3 cm³/mol. The van der Waals surface area contributed by atoms with Crippen LogP contribution in [0.5, 0.6) is 0 Å². The third kappa shape index (κ3) is 1.78. The first-order valence-corrected chi connectivity index (χ1v) is 4.72. The molecule has 0 unspecified atom stereocenters. The van der Waals surface area contributed by atoms with E-state index in [4.69, 9.17) is 5.26 Å². The fourth-order valence-corrected chi connectivity index (χ4v) is 1.37. The van der Waals surface area contributed by atoms with Crippen LogP contribution in [0, 0.1) is 23.0 Å². The fourth-order valence-electron chi connectivity index (χ4n) is 1.37. The molecule has 0 saturated heterocycles. The molecular formula is C11H10F2N2. The van der Waals surface area contributed by atoms with Crippen molar-refractivity contribution in [3.8, 4) is 6.07 Å². The Morgan fingerprint density at radius 1 is 1.33 bits per heavy atom. The minimum atomic E-state index is -1.08. The first-order chi connectivity index (χ1) is 7.06. The number of anilines is 1. The zero-order valence-corrected chi connectivity index (χ0v) is 8.27. The number of nitrogens with zero attached hydrogens (tertiary/aromatic N) is 1. The third-order valence-electron chi connectivity index (χ3n) is 2.64. The van der Waals surface area contributed by atoms with Gasteiger partial charge in [-0.2, -0.15) is 5.26 Å². The van der Waals surface area contributed by atoms with Gasteiger partial charge in [-0.25, -0.2) is 8.78 Å². The Balaban J connectivity index is 2.34. The van der Waals surface area contributed by atoms with Crippen molar-refractivity contribution in [2.45, 2.75) is 25.3 Å². The number of rotatable bonds is 2. The highest BCUT2D eigenvalue weighted by Gasteiger charge is 2.37. The van der Waals surface area contributed by atoms with Crippen LogP contribution >= 0.6 is 0 Å². The molecule has 0 aliphatic heterocycles. The lowest BCUT2D eigenvalue weighted by atomic mass is 10.2. The Labute approximate surface area is 86.5 Å². The van der Waals surface area contributed by atoms with E-state index in [1.54, 1.807) is 6.07 Å². The summed E-state index contributed by atoms with van der Waals surface area (Å²) in [6.07, 6.45) is 1.90.